The van der Waals surface area contributed by atoms with Gasteiger partial charge in [-0.2, -0.15) is 0 Å². The van der Waals surface area contributed by atoms with Crippen LogP contribution in [-0.4, -0.2) is 12.9 Å². The highest BCUT2D eigenvalue weighted by atomic mass is 16.5. The van der Waals surface area contributed by atoms with E-state index in [0.717, 1.165) is 17.4 Å². The van der Waals surface area contributed by atoms with E-state index in [9.17, 15) is 4.79 Å². The quantitative estimate of drug-likeness (QED) is 0.641. The molecule has 3 aromatic rings. The van der Waals surface area contributed by atoms with Crippen molar-refractivity contribution < 1.29 is 9.53 Å². The van der Waals surface area contributed by atoms with E-state index in [0.29, 0.717) is 5.75 Å². The summed E-state index contributed by atoms with van der Waals surface area (Å²) in [5, 5.41) is 0. The van der Waals surface area contributed by atoms with Crippen LogP contribution in [0.5, 0.6) is 5.75 Å². The molecule has 0 saturated heterocycles. The SMILES string of the molecule is O=CCOc1ccc(-c2cccc(-c3ccccc3)c2)cc1. The molecule has 2 heteroatoms. The van der Waals surface area contributed by atoms with Crippen molar-refractivity contribution in [1.29, 1.82) is 0 Å². The van der Waals surface area contributed by atoms with E-state index in [4.69, 9.17) is 4.74 Å². The van der Waals surface area contributed by atoms with Crippen molar-refractivity contribution in [2.75, 3.05) is 6.61 Å². The molecule has 0 radical (unpaired) electrons. The Kier molecular flexibility index (Phi) is 4.30. The predicted molar refractivity (Wildman–Crippen MR) is 88.9 cm³/mol. The number of ether oxygens (including phenoxy) is 1. The van der Waals surface area contributed by atoms with Gasteiger partial charge in [0.05, 0.1) is 0 Å². The van der Waals surface area contributed by atoms with Gasteiger partial charge in [0.25, 0.3) is 0 Å². The van der Waals surface area contributed by atoms with Gasteiger partial charge < -0.3 is 4.74 Å². The molecule has 0 heterocycles. The third-order valence-corrected chi connectivity index (χ3v) is 3.48. The molecule has 0 amide bonds. The lowest BCUT2D eigenvalue weighted by Crippen LogP contribution is -1.97. The highest BCUT2D eigenvalue weighted by Gasteiger charge is 2.02. The van der Waals surface area contributed by atoms with E-state index in [1.54, 1.807) is 0 Å². The van der Waals surface area contributed by atoms with Gasteiger partial charge in [-0.15, -0.1) is 0 Å². The van der Waals surface area contributed by atoms with E-state index in [-0.39, 0.29) is 6.61 Å². The predicted octanol–water partition coefficient (Wildman–Crippen LogP) is 4.60. The topological polar surface area (TPSA) is 26.3 Å². The van der Waals surface area contributed by atoms with Crippen molar-refractivity contribution in [3.05, 3.63) is 78.9 Å². The number of hydrogen-bond acceptors (Lipinski definition) is 2. The monoisotopic (exact) mass is 288 g/mol. The fraction of sp³-hybridized carbons (Fsp3) is 0.0500. The van der Waals surface area contributed by atoms with Gasteiger partial charge in [0.1, 0.15) is 12.4 Å². The fourth-order valence-corrected chi connectivity index (χ4v) is 2.38. The zero-order chi connectivity index (χ0) is 15.2. The Bertz CT molecular complexity index is 746. The van der Waals surface area contributed by atoms with Crippen LogP contribution >= 0.6 is 0 Å². The van der Waals surface area contributed by atoms with E-state index >= 15 is 0 Å². The van der Waals surface area contributed by atoms with Gasteiger partial charge in [0.15, 0.2) is 6.29 Å². The molecule has 3 aromatic carbocycles. The Labute approximate surface area is 130 Å². The minimum absolute atomic E-state index is 0.0861. The molecular weight excluding hydrogens is 272 g/mol. The van der Waals surface area contributed by atoms with Crippen LogP contribution in [0.2, 0.25) is 0 Å². The number of carbonyl (C=O) groups excluding carboxylic acids is 1. The van der Waals surface area contributed by atoms with Crippen molar-refractivity contribution in [2.45, 2.75) is 0 Å². The summed E-state index contributed by atoms with van der Waals surface area (Å²) in [7, 11) is 0. The molecule has 108 valence electrons. The van der Waals surface area contributed by atoms with E-state index < -0.39 is 0 Å². The Morgan fingerprint density at radius 1 is 0.682 bits per heavy atom. The Balaban J connectivity index is 1.87. The second-order valence-electron chi connectivity index (χ2n) is 4.95. The van der Waals surface area contributed by atoms with Gasteiger partial charge in [-0.1, -0.05) is 60.7 Å². The molecule has 0 unspecified atom stereocenters. The molecule has 0 bridgehead atoms. The summed E-state index contributed by atoms with van der Waals surface area (Å²) in [6, 6.07) is 26.5. The van der Waals surface area contributed by atoms with Crippen LogP contribution in [0, 0.1) is 0 Å². The van der Waals surface area contributed by atoms with Crippen LogP contribution in [0.4, 0.5) is 0 Å². The maximum atomic E-state index is 10.3. The molecule has 3 rings (SSSR count). The normalized spacial score (nSPS) is 10.2. The summed E-state index contributed by atoms with van der Waals surface area (Å²) >= 11 is 0. The van der Waals surface area contributed by atoms with E-state index in [1.807, 2.05) is 42.5 Å². The molecule has 0 aliphatic heterocycles. The summed E-state index contributed by atoms with van der Waals surface area (Å²) in [6.07, 6.45) is 0.747. The van der Waals surface area contributed by atoms with Crippen LogP contribution in [-0.2, 0) is 4.79 Å². The molecule has 22 heavy (non-hydrogen) atoms. The van der Waals surface area contributed by atoms with Crippen LogP contribution in [0.1, 0.15) is 0 Å². The molecule has 2 nitrogen and oxygen atoms in total. The molecule has 0 spiro atoms. The van der Waals surface area contributed by atoms with Gasteiger partial charge >= 0.3 is 0 Å². The Morgan fingerprint density at radius 2 is 1.27 bits per heavy atom. The van der Waals surface area contributed by atoms with Crippen molar-refractivity contribution in [3.63, 3.8) is 0 Å². The number of benzene rings is 3. The molecule has 0 saturated carbocycles. The van der Waals surface area contributed by atoms with Crippen LogP contribution < -0.4 is 4.74 Å². The lowest BCUT2D eigenvalue weighted by Gasteiger charge is -2.07. The zero-order valence-electron chi connectivity index (χ0n) is 12.1. The maximum absolute atomic E-state index is 10.3. The minimum Gasteiger partial charge on any atom is -0.486 e. The average molecular weight is 288 g/mol. The van der Waals surface area contributed by atoms with Crippen molar-refractivity contribution in [3.8, 4) is 28.0 Å². The van der Waals surface area contributed by atoms with Crippen LogP contribution in [0.25, 0.3) is 22.3 Å². The smallest absolute Gasteiger partial charge is 0.157 e. The second kappa shape index (κ2) is 6.72. The first-order valence-corrected chi connectivity index (χ1v) is 7.19. The van der Waals surface area contributed by atoms with Gasteiger partial charge in [-0.05, 0) is 40.5 Å². The molecule has 0 atom stereocenters. The number of rotatable bonds is 5. The minimum atomic E-state index is 0.0861. The first-order chi connectivity index (χ1) is 10.9. The zero-order valence-corrected chi connectivity index (χ0v) is 12.1. The van der Waals surface area contributed by atoms with Crippen molar-refractivity contribution in [1.82, 2.24) is 0 Å². The Morgan fingerprint density at radius 3 is 1.91 bits per heavy atom. The van der Waals surface area contributed by atoms with Crippen LogP contribution in [0.15, 0.2) is 78.9 Å². The number of hydrogen-bond donors (Lipinski definition) is 0. The molecule has 0 aliphatic carbocycles. The number of aldehydes is 1. The highest BCUT2D eigenvalue weighted by Crippen LogP contribution is 2.27. The third kappa shape index (κ3) is 3.23. The molecular formula is C20H16O2. The van der Waals surface area contributed by atoms with E-state index in [2.05, 4.69) is 36.4 Å². The lowest BCUT2D eigenvalue weighted by atomic mass is 9.99. The van der Waals surface area contributed by atoms with E-state index in [1.165, 1.54) is 11.1 Å². The summed E-state index contributed by atoms with van der Waals surface area (Å²) < 4.78 is 5.27. The third-order valence-electron chi connectivity index (χ3n) is 3.48. The maximum Gasteiger partial charge on any atom is 0.157 e. The summed E-state index contributed by atoms with van der Waals surface area (Å²) in [6.45, 7) is 0.0861. The van der Waals surface area contributed by atoms with Gasteiger partial charge in [0.2, 0.25) is 0 Å². The average Bonchev–Trinajstić information content (AvgIpc) is 2.61. The largest absolute Gasteiger partial charge is 0.486 e. The summed E-state index contributed by atoms with van der Waals surface area (Å²) in [5.74, 6) is 0.704. The summed E-state index contributed by atoms with van der Waals surface area (Å²) in [5.41, 5.74) is 4.68. The standard InChI is InChI=1S/C20H16O2/c21-13-14-22-20-11-9-17(10-12-20)19-8-4-7-18(15-19)16-5-2-1-3-6-16/h1-13,15H,14H2. The van der Waals surface area contributed by atoms with Gasteiger partial charge in [-0.3, -0.25) is 4.79 Å². The van der Waals surface area contributed by atoms with Crippen molar-refractivity contribution in [2.24, 2.45) is 0 Å². The van der Waals surface area contributed by atoms with Crippen LogP contribution in [0.3, 0.4) is 0 Å². The second-order valence-corrected chi connectivity index (χ2v) is 4.95. The summed E-state index contributed by atoms with van der Waals surface area (Å²) in [4.78, 5) is 10.3. The fourth-order valence-electron chi connectivity index (χ4n) is 2.38. The Hall–Kier alpha value is -2.87. The molecule has 0 N–H and O–H groups in total. The molecule has 0 aromatic heterocycles. The van der Waals surface area contributed by atoms with Gasteiger partial charge in [0, 0.05) is 0 Å². The van der Waals surface area contributed by atoms with Crippen molar-refractivity contribution >= 4 is 6.29 Å². The number of carbonyl (C=O) groups is 1. The molecule has 0 fully saturated rings. The lowest BCUT2D eigenvalue weighted by molar-refractivity contribution is -0.109. The first-order valence-electron chi connectivity index (χ1n) is 7.19. The molecule has 0 aliphatic rings. The highest BCUT2D eigenvalue weighted by molar-refractivity contribution is 5.73. The first kappa shape index (κ1) is 14.1. The van der Waals surface area contributed by atoms with Gasteiger partial charge in [-0.25, -0.2) is 0 Å².